The van der Waals surface area contributed by atoms with Crippen molar-refractivity contribution in [3.63, 3.8) is 0 Å². The van der Waals surface area contributed by atoms with Gasteiger partial charge in [0.15, 0.2) is 0 Å². The predicted molar refractivity (Wildman–Crippen MR) is 75.0 cm³/mol. The maximum Gasteiger partial charge on any atom is 0.342 e. The van der Waals surface area contributed by atoms with Crippen molar-refractivity contribution in [2.24, 2.45) is 0 Å². The summed E-state index contributed by atoms with van der Waals surface area (Å²) in [5.41, 5.74) is 0.440. The summed E-state index contributed by atoms with van der Waals surface area (Å²) in [6.07, 6.45) is 1.42. The van der Waals surface area contributed by atoms with E-state index < -0.39 is 5.97 Å². The minimum atomic E-state index is -0.398. The second-order valence-electron chi connectivity index (χ2n) is 4.12. The molecular weight excluding hydrogens is 240 g/mol. The lowest BCUT2D eigenvalue weighted by Crippen LogP contribution is -2.09. The summed E-state index contributed by atoms with van der Waals surface area (Å²) < 4.78 is 10.5. The van der Waals surface area contributed by atoms with Crippen LogP contribution >= 0.6 is 0 Å². The Bertz CT molecular complexity index is 609. The maximum atomic E-state index is 11.9. The highest BCUT2D eigenvalue weighted by Gasteiger charge is 2.10. The lowest BCUT2D eigenvalue weighted by Gasteiger charge is -2.07. The molecule has 0 aliphatic rings. The Morgan fingerprint density at radius 1 is 1.16 bits per heavy atom. The van der Waals surface area contributed by atoms with Crippen LogP contribution in [-0.4, -0.2) is 12.6 Å². The topological polar surface area (TPSA) is 35.5 Å². The van der Waals surface area contributed by atoms with Crippen LogP contribution in [0.5, 0.6) is 5.75 Å². The summed E-state index contributed by atoms with van der Waals surface area (Å²) in [6.45, 7) is 4.06. The molecule has 0 amide bonds. The molecule has 0 aliphatic heterocycles. The molecule has 2 rings (SSSR count). The summed E-state index contributed by atoms with van der Waals surface area (Å²) in [4.78, 5) is 11.9. The summed E-state index contributed by atoms with van der Waals surface area (Å²) >= 11 is 0. The van der Waals surface area contributed by atoms with Crippen LogP contribution in [0, 0.1) is 0 Å². The molecule has 2 aromatic rings. The molecule has 2 aromatic carbocycles. The van der Waals surface area contributed by atoms with E-state index in [1.807, 2.05) is 43.3 Å². The summed E-state index contributed by atoms with van der Waals surface area (Å²) in [5, 5.41) is 1.96. The van der Waals surface area contributed by atoms with Gasteiger partial charge in [0.1, 0.15) is 5.75 Å². The number of carbonyl (C=O) groups is 1. The molecule has 0 unspecified atom stereocenters. The fourth-order valence-electron chi connectivity index (χ4n) is 1.72. The van der Waals surface area contributed by atoms with Crippen molar-refractivity contribution in [3.8, 4) is 5.75 Å². The van der Waals surface area contributed by atoms with E-state index in [0.29, 0.717) is 17.9 Å². The van der Waals surface area contributed by atoms with Crippen LogP contribution in [0.2, 0.25) is 0 Å². The number of rotatable bonds is 4. The van der Waals surface area contributed by atoms with Crippen molar-refractivity contribution in [2.75, 3.05) is 6.61 Å². The van der Waals surface area contributed by atoms with Gasteiger partial charge in [-0.1, -0.05) is 36.4 Å². The van der Waals surface area contributed by atoms with E-state index in [9.17, 15) is 4.79 Å². The molecule has 0 radical (unpaired) electrons. The Balaban J connectivity index is 2.24. The van der Waals surface area contributed by atoms with Gasteiger partial charge in [-0.2, -0.15) is 0 Å². The van der Waals surface area contributed by atoms with Crippen LogP contribution in [0.15, 0.2) is 54.3 Å². The number of carbonyl (C=O) groups excluding carboxylic acids is 1. The molecular formula is C16H16O3. The van der Waals surface area contributed by atoms with Gasteiger partial charge in [-0.3, -0.25) is 0 Å². The highest BCUT2D eigenvalue weighted by molar-refractivity contribution is 5.94. The van der Waals surface area contributed by atoms with Gasteiger partial charge < -0.3 is 9.47 Å². The van der Waals surface area contributed by atoms with Crippen LogP contribution < -0.4 is 4.74 Å². The van der Waals surface area contributed by atoms with Gasteiger partial charge in [-0.15, -0.1) is 0 Å². The second-order valence-corrected chi connectivity index (χ2v) is 4.12. The zero-order valence-electron chi connectivity index (χ0n) is 11.1. The molecule has 19 heavy (non-hydrogen) atoms. The lowest BCUT2D eigenvalue weighted by molar-refractivity contribution is -0.130. The fourth-order valence-corrected chi connectivity index (χ4v) is 1.72. The molecule has 0 heterocycles. The van der Waals surface area contributed by atoms with Crippen molar-refractivity contribution < 1.29 is 14.3 Å². The number of esters is 1. The van der Waals surface area contributed by atoms with Gasteiger partial charge in [0.25, 0.3) is 0 Å². The normalized spacial score (nSPS) is 11.4. The summed E-state index contributed by atoms with van der Waals surface area (Å²) in [7, 11) is 0. The average Bonchev–Trinajstić information content (AvgIpc) is 2.45. The van der Waals surface area contributed by atoms with E-state index in [-0.39, 0.29) is 0 Å². The first kappa shape index (κ1) is 13.1. The SMILES string of the molecule is CCOC=C(C)C(=O)Oc1cccc2ccccc12. The van der Waals surface area contributed by atoms with Gasteiger partial charge in [-0.05, 0) is 25.3 Å². The third-order valence-corrected chi connectivity index (χ3v) is 2.70. The number of hydrogen-bond acceptors (Lipinski definition) is 3. The standard InChI is InChI=1S/C16H16O3/c1-3-18-11-12(2)16(17)19-15-10-6-8-13-7-4-5-9-14(13)15/h4-11H,3H2,1-2H3. The number of benzene rings is 2. The molecule has 0 saturated carbocycles. The van der Waals surface area contributed by atoms with E-state index in [4.69, 9.17) is 9.47 Å². The molecule has 98 valence electrons. The molecule has 3 nitrogen and oxygen atoms in total. The van der Waals surface area contributed by atoms with Gasteiger partial charge in [0, 0.05) is 5.39 Å². The summed E-state index contributed by atoms with van der Waals surface area (Å²) in [5.74, 6) is 0.164. The molecule has 0 saturated heterocycles. The summed E-state index contributed by atoms with van der Waals surface area (Å²) in [6, 6.07) is 13.4. The molecule has 3 heteroatoms. The van der Waals surface area contributed by atoms with Gasteiger partial charge in [0.2, 0.25) is 0 Å². The molecule has 0 aromatic heterocycles. The largest absolute Gasteiger partial charge is 0.501 e. The number of ether oxygens (including phenoxy) is 2. The van der Waals surface area contributed by atoms with Crippen LogP contribution in [0.1, 0.15) is 13.8 Å². The second kappa shape index (κ2) is 6.05. The first-order valence-electron chi connectivity index (χ1n) is 6.20. The Morgan fingerprint density at radius 2 is 1.89 bits per heavy atom. The van der Waals surface area contributed by atoms with E-state index >= 15 is 0 Å². The molecule has 0 fully saturated rings. The monoisotopic (exact) mass is 256 g/mol. The van der Waals surface area contributed by atoms with Crippen LogP contribution in [-0.2, 0) is 9.53 Å². The highest BCUT2D eigenvalue weighted by Crippen LogP contribution is 2.25. The molecule has 0 spiro atoms. The first-order chi connectivity index (χ1) is 9.22. The average molecular weight is 256 g/mol. The molecule has 0 N–H and O–H groups in total. The number of hydrogen-bond donors (Lipinski definition) is 0. The minimum absolute atomic E-state index is 0.398. The van der Waals surface area contributed by atoms with Crippen molar-refractivity contribution in [2.45, 2.75) is 13.8 Å². The van der Waals surface area contributed by atoms with Crippen molar-refractivity contribution in [1.29, 1.82) is 0 Å². The van der Waals surface area contributed by atoms with Crippen LogP contribution in [0.25, 0.3) is 10.8 Å². The molecule has 0 atom stereocenters. The van der Waals surface area contributed by atoms with Gasteiger partial charge >= 0.3 is 5.97 Å². The Labute approximate surface area is 112 Å². The van der Waals surface area contributed by atoms with E-state index in [0.717, 1.165) is 10.8 Å². The van der Waals surface area contributed by atoms with E-state index in [1.165, 1.54) is 6.26 Å². The fraction of sp³-hybridized carbons (Fsp3) is 0.188. The van der Waals surface area contributed by atoms with Crippen molar-refractivity contribution >= 4 is 16.7 Å². The third kappa shape index (κ3) is 3.13. The Hall–Kier alpha value is -2.29. The highest BCUT2D eigenvalue weighted by atomic mass is 16.5. The van der Waals surface area contributed by atoms with Gasteiger partial charge in [-0.25, -0.2) is 4.79 Å². The number of fused-ring (bicyclic) bond motifs is 1. The zero-order valence-corrected chi connectivity index (χ0v) is 11.1. The van der Waals surface area contributed by atoms with Crippen molar-refractivity contribution in [1.82, 2.24) is 0 Å². The smallest absolute Gasteiger partial charge is 0.342 e. The van der Waals surface area contributed by atoms with E-state index in [2.05, 4.69) is 0 Å². The van der Waals surface area contributed by atoms with E-state index in [1.54, 1.807) is 13.0 Å². The Kier molecular flexibility index (Phi) is 4.18. The van der Waals surface area contributed by atoms with Crippen LogP contribution in [0.4, 0.5) is 0 Å². The van der Waals surface area contributed by atoms with Crippen LogP contribution in [0.3, 0.4) is 0 Å². The Morgan fingerprint density at radius 3 is 2.68 bits per heavy atom. The minimum Gasteiger partial charge on any atom is -0.501 e. The van der Waals surface area contributed by atoms with Gasteiger partial charge in [0.05, 0.1) is 18.4 Å². The first-order valence-corrected chi connectivity index (χ1v) is 6.20. The predicted octanol–water partition coefficient (Wildman–Crippen LogP) is 3.69. The zero-order chi connectivity index (χ0) is 13.7. The maximum absolute atomic E-state index is 11.9. The molecule has 0 aliphatic carbocycles. The lowest BCUT2D eigenvalue weighted by atomic mass is 10.1. The quantitative estimate of drug-likeness (QED) is 0.362. The third-order valence-electron chi connectivity index (χ3n) is 2.70. The van der Waals surface area contributed by atoms with Crippen molar-refractivity contribution in [3.05, 3.63) is 54.3 Å². The molecule has 0 bridgehead atoms.